The van der Waals surface area contributed by atoms with E-state index in [1.807, 2.05) is 45.0 Å². The highest BCUT2D eigenvalue weighted by Gasteiger charge is 2.24. The van der Waals surface area contributed by atoms with Gasteiger partial charge in [-0.25, -0.2) is 4.79 Å². The molecule has 0 saturated carbocycles. The van der Waals surface area contributed by atoms with Crippen LogP contribution in [0, 0.1) is 0 Å². The molecule has 0 aromatic heterocycles. The molecule has 0 radical (unpaired) electrons. The maximum Gasteiger partial charge on any atom is 0.407 e. The summed E-state index contributed by atoms with van der Waals surface area (Å²) in [6.45, 7) is 7.27. The Kier molecular flexibility index (Phi) is 5.06. The van der Waals surface area contributed by atoms with Gasteiger partial charge in [-0.15, -0.1) is 0 Å². The molecule has 2 rings (SSSR count). The highest BCUT2D eigenvalue weighted by atomic mass is 16.6. The third-order valence-corrected chi connectivity index (χ3v) is 3.54. The van der Waals surface area contributed by atoms with Gasteiger partial charge in [-0.1, -0.05) is 0 Å². The summed E-state index contributed by atoms with van der Waals surface area (Å²) >= 11 is 0. The van der Waals surface area contributed by atoms with Gasteiger partial charge in [-0.3, -0.25) is 4.79 Å². The topological polar surface area (TPSA) is 58.6 Å². The van der Waals surface area contributed by atoms with Crippen molar-refractivity contribution in [2.24, 2.45) is 0 Å². The Morgan fingerprint density at radius 3 is 2.59 bits per heavy atom. The first kappa shape index (κ1) is 16.3. The summed E-state index contributed by atoms with van der Waals surface area (Å²) in [5.74, 6) is 0. The number of aldehydes is 1. The molecule has 1 N–H and O–H groups in total. The van der Waals surface area contributed by atoms with Gasteiger partial charge in [-0.05, 0) is 57.9 Å². The first-order valence-electron chi connectivity index (χ1n) is 7.67. The number of anilines is 1. The second-order valence-electron chi connectivity index (χ2n) is 6.64. The fourth-order valence-electron chi connectivity index (χ4n) is 2.57. The van der Waals surface area contributed by atoms with Crippen molar-refractivity contribution in [2.75, 3.05) is 18.0 Å². The summed E-state index contributed by atoms with van der Waals surface area (Å²) in [6, 6.07) is 7.59. The average Bonchev–Trinajstić information content (AvgIpc) is 2.45. The van der Waals surface area contributed by atoms with E-state index in [1.165, 1.54) is 0 Å². The van der Waals surface area contributed by atoms with Crippen LogP contribution in [0.2, 0.25) is 0 Å². The van der Waals surface area contributed by atoms with Gasteiger partial charge < -0.3 is 15.0 Å². The lowest BCUT2D eigenvalue weighted by atomic mass is 10.0. The minimum atomic E-state index is -0.483. The number of carbonyl (C=O) groups is 2. The molecule has 1 unspecified atom stereocenters. The number of hydrogen-bond acceptors (Lipinski definition) is 4. The van der Waals surface area contributed by atoms with Crippen LogP contribution in [0.15, 0.2) is 24.3 Å². The molecule has 1 heterocycles. The smallest absolute Gasteiger partial charge is 0.407 e. The van der Waals surface area contributed by atoms with Crippen molar-refractivity contribution in [3.63, 3.8) is 0 Å². The first-order chi connectivity index (χ1) is 10.4. The molecule has 5 heteroatoms. The number of piperidine rings is 1. The number of hydrogen-bond donors (Lipinski definition) is 1. The molecule has 1 aliphatic heterocycles. The van der Waals surface area contributed by atoms with E-state index in [4.69, 9.17) is 4.74 Å². The zero-order chi connectivity index (χ0) is 16.2. The number of amides is 1. The predicted molar refractivity (Wildman–Crippen MR) is 86.4 cm³/mol. The van der Waals surface area contributed by atoms with E-state index in [0.717, 1.165) is 37.9 Å². The van der Waals surface area contributed by atoms with Gasteiger partial charge in [0.15, 0.2) is 0 Å². The van der Waals surface area contributed by atoms with E-state index >= 15 is 0 Å². The largest absolute Gasteiger partial charge is 0.444 e. The van der Waals surface area contributed by atoms with Crippen molar-refractivity contribution < 1.29 is 14.3 Å². The van der Waals surface area contributed by atoms with Crippen LogP contribution < -0.4 is 10.2 Å². The SMILES string of the molecule is CC(C)(C)OC(=O)NC1CCCN(c2ccc(C=O)cc2)C1. The Morgan fingerprint density at radius 1 is 1.32 bits per heavy atom. The minimum Gasteiger partial charge on any atom is -0.444 e. The molecule has 1 aromatic carbocycles. The molecule has 1 aliphatic rings. The Bertz CT molecular complexity index is 520. The van der Waals surface area contributed by atoms with Crippen molar-refractivity contribution in [2.45, 2.75) is 45.3 Å². The van der Waals surface area contributed by atoms with Crippen LogP contribution in [0.4, 0.5) is 10.5 Å². The fraction of sp³-hybridized carbons (Fsp3) is 0.529. The van der Waals surface area contributed by atoms with Gasteiger partial charge >= 0.3 is 6.09 Å². The molecule has 22 heavy (non-hydrogen) atoms. The summed E-state index contributed by atoms with van der Waals surface area (Å²) in [6.07, 6.45) is 2.43. The highest BCUT2D eigenvalue weighted by molar-refractivity contribution is 5.75. The van der Waals surface area contributed by atoms with E-state index in [-0.39, 0.29) is 12.1 Å². The number of alkyl carbamates (subject to hydrolysis) is 1. The average molecular weight is 304 g/mol. The van der Waals surface area contributed by atoms with Crippen LogP contribution in [0.3, 0.4) is 0 Å². The van der Waals surface area contributed by atoms with Crippen molar-refractivity contribution in [3.05, 3.63) is 29.8 Å². The number of carbonyl (C=O) groups excluding carboxylic acids is 2. The number of nitrogens with one attached hydrogen (secondary N) is 1. The molecule has 1 saturated heterocycles. The summed E-state index contributed by atoms with van der Waals surface area (Å²) in [4.78, 5) is 24.8. The van der Waals surface area contributed by atoms with E-state index in [0.29, 0.717) is 5.56 Å². The zero-order valence-corrected chi connectivity index (χ0v) is 13.5. The van der Waals surface area contributed by atoms with Crippen LogP contribution in [-0.4, -0.2) is 37.1 Å². The Balaban J connectivity index is 1.93. The lowest BCUT2D eigenvalue weighted by molar-refractivity contribution is 0.0500. The van der Waals surface area contributed by atoms with Gasteiger partial charge in [-0.2, -0.15) is 0 Å². The predicted octanol–water partition coefficient (Wildman–Crippen LogP) is 2.99. The number of benzene rings is 1. The molecule has 1 fully saturated rings. The van der Waals surface area contributed by atoms with Crippen molar-refractivity contribution in [1.29, 1.82) is 0 Å². The summed E-state index contributed by atoms with van der Waals surface area (Å²) in [5, 5.41) is 2.94. The van der Waals surface area contributed by atoms with Crippen molar-refractivity contribution in [3.8, 4) is 0 Å². The number of nitrogens with zero attached hydrogens (tertiary/aromatic N) is 1. The van der Waals surface area contributed by atoms with Gasteiger partial charge in [0.25, 0.3) is 0 Å². The molecule has 5 nitrogen and oxygen atoms in total. The maximum atomic E-state index is 11.9. The lowest BCUT2D eigenvalue weighted by Crippen LogP contribution is -2.49. The van der Waals surface area contributed by atoms with Crippen LogP contribution in [0.1, 0.15) is 44.0 Å². The summed E-state index contributed by atoms with van der Waals surface area (Å²) in [5.41, 5.74) is 1.26. The van der Waals surface area contributed by atoms with E-state index in [9.17, 15) is 9.59 Å². The Morgan fingerprint density at radius 2 is 2.00 bits per heavy atom. The molecular weight excluding hydrogens is 280 g/mol. The third-order valence-electron chi connectivity index (χ3n) is 3.54. The molecule has 1 aromatic rings. The van der Waals surface area contributed by atoms with Crippen molar-refractivity contribution >= 4 is 18.1 Å². The standard InChI is InChI=1S/C17H24N2O3/c1-17(2,3)22-16(21)18-14-5-4-10-19(11-14)15-8-6-13(12-20)7-9-15/h6-9,12,14H,4-5,10-11H2,1-3H3,(H,18,21). The molecule has 1 amide bonds. The van der Waals surface area contributed by atoms with Gasteiger partial charge in [0, 0.05) is 30.4 Å². The van der Waals surface area contributed by atoms with Crippen LogP contribution in [0.5, 0.6) is 0 Å². The van der Waals surface area contributed by atoms with Gasteiger partial charge in [0.05, 0.1) is 0 Å². The monoisotopic (exact) mass is 304 g/mol. The summed E-state index contributed by atoms with van der Waals surface area (Å²) < 4.78 is 5.30. The summed E-state index contributed by atoms with van der Waals surface area (Å²) in [7, 11) is 0. The fourth-order valence-corrected chi connectivity index (χ4v) is 2.57. The zero-order valence-electron chi connectivity index (χ0n) is 13.5. The second kappa shape index (κ2) is 6.81. The number of rotatable bonds is 3. The second-order valence-corrected chi connectivity index (χ2v) is 6.64. The highest BCUT2D eigenvalue weighted by Crippen LogP contribution is 2.20. The quantitative estimate of drug-likeness (QED) is 0.872. The molecule has 0 aliphatic carbocycles. The molecular formula is C17H24N2O3. The molecule has 1 atom stereocenters. The van der Waals surface area contributed by atoms with Crippen LogP contribution >= 0.6 is 0 Å². The van der Waals surface area contributed by atoms with E-state index in [2.05, 4.69) is 10.2 Å². The van der Waals surface area contributed by atoms with E-state index < -0.39 is 5.60 Å². The molecule has 0 spiro atoms. The van der Waals surface area contributed by atoms with Gasteiger partial charge in [0.1, 0.15) is 11.9 Å². The third kappa shape index (κ3) is 4.76. The maximum absolute atomic E-state index is 11.9. The van der Waals surface area contributed by atoms with Gasteiger partial charge in [0.2, 0.25) is 0 Å². The molecule has 0 bridgehead atoms. The Labute approximate surface area is 131 Å². The first-order valence-corrected chi connectivity index (χ1v) is 7.67. The lowest BCUT2D eigenvalue weighted by Gasteiger charge is -2.35. The minimum absolute atomic E-state index is 0.0781. The normalized spacial score (nSPS) is 18.7. The van der Waals surface area contributed by atoms with Crippen LogP contribution in [-0.2, 0) is 4.74 Å². The molecule has 120 valence electrons. The Hall–Kier alpha value is -2.04. The van der Waals surface area contributed by atoms with E-state index in [1.54, 1.807) is 0 Å². The van der Waals surface area contributed by atoms with Crippen LogP contribution in [0.25, 0.3) is 0 Å². The number of ether oxygens (including phenoxy) is 1. The van der Waals surface area contributed by atoms with Crippen molar-refractivity contribution in [1.82, 2.24) is 5.32 Å².